The van der Waals surface area contributed by atoms with Gasteiger partial charge in [-0.1, -0.05) is 13.8 Å². The van der Waals surface area contributed by atoms with Gasteiger partial charge in [-0.25, -0.2) is 12.7 Å². The largest absolute Gasteiger partial charge is 0.317 e. The van der Waals surface area contributed by atoms with Crippen LogP contribution in [0.4, 0.5) is 0 Å². The van der Waals surface area contributed by atoms with Crippen molar-refractivity contribution in [3.8, 4) is 0 Å². The van der Waals surface area contributed by atoms with Crippen LogP contribution in [0.1, 0.15) is 39.5 Å². The maximum Gasteiger partial charge on any atom is 0.214 e. The van der Waals surface area contributed by atoms with Crippen molar-refractivity contribution in [1.82, 2.24) is 9.62 Å². The molecule has 2 aliphatic rings. The third-order valence-corrected chi connectivity index (χ3v) is 6.62. The second-order valence-electron chi connectivity index (χ2n) is 6.32. The third-order valence-electron chi connectivity index (χ3n) is 4.38. The molecule has 4 nitrogen and oxygen atoms in total. The van der Waals surface area contributed by atoms with Crippen molar-refractivity contribution in [2.45, 2.75) is 39.5 Å². The molecule has 0 atom stereocenters. The summed E-state index contributed by atoms with van der Waals surface area (Å²) in [5.41, 5.74) is 0.426. The van der Waals surface area contributed by atoms with Crippen molar-refractivity contribution >= 4 is 10.0 Å². The molecule has 0 aromatic rings. The van der Waals surface area contributed by atoms with E-state index in [0.717, 1.165) is 39.0 Å². The van der Waals surface area contributed by atoms with Gasteiger partial charge in [0, 0.05) is 13.1 Å². The Balaban J connectivity index is 1.93. The molecule has 18 heavy (non-hydrogen) atoms. The molecule has 2 saturated heterocycles. The first-order valence-electron chi connectivity index (χ1n) is 7.12. The van der Waals surface area contributed by atoms with E-state index in [9.17, 15) is 8.42 Å². The van der Waals surface area contributed by atoms with Crippen LogP contribution < -0.4 is 5.32 Å². The van der Waals surface area contributed by atoms with Gasteiger partial charge in [0.2, 0.25) is 10.0 Å². The van der Waals surface area contributed by atoms with E-state index in [1.807, 2.05) is 13.8 Å². The quantitative estimate of drug-likeness (QED) is 0.847. The van der Waals surface area contributed by atoms with Crippen LogP contribution in [0.5, 0.6) is 0 Å². The Morgan fingerprint density at radius 3 is 2.17 bits per heavy atom. The van der Waals surface area contributed by atoms with E-state index in [0.29, 0.717) is 11.2 Å². The summed E-state index contributed by atoms with van der Waals surface area (Å²) in [7, 11) is -3.02. The van der Waals surface area contributed by atoms with E-state index >= 15 is 0 Å². The molecule has 2 aliphatic heterocycles. The predicted molar refractivity (Wildman–Crippen MR) is 74.0 cm³/mol. The highest BCUT2D eigenvalue weighted by atomic mass is 32.2. The minimum Gasteiger partial charge on any atom is -0.317 e. The van der Waals surface area contributed by atoms with Crippen molar-refractivity contribution in [2.75, 3.05) is 31.9 Å². The lowest BCUT2D eigenvalue weighted by Gasteiger charge is -2.44. The first-order valence-corrected chi connectivity index (χ1v) is 8.73. The Bertz CT molecular complexity index is 362. The summed E-state index contributed by atoms with van der Waals surface area (Å²) in [4.78, 5) is 0. The predicted octanol–water partition coefficient (Wildman–Crippen LogP) is 1.44. The minimum atomic E-state index is -3.02. The van der Waals surface area contributed by atoms with Crippen LogP contribution in [0.25, 0.3) is 0 Å². The van der Waals surface area contributed by atoms with E-state index in [-0.39, 0.29) is 5.92 Å². The van der Waals surface area contributed by atoms with Gasteiger partial charge in [-0.15, -0.1) is 0 Å². The summed E-state index contributed by atoms with van der Waals surface area (Å²) < 4.78 is 26.1. The van der Waals surface area contributed by atoms with E-state index in [1.54, 1.807) is 4.31 Å². The highest BCUT2D eigenvalue weighted by Crippen LogP contribution is 2.40. The maximum atomic E-state index is 12.2. The number of sulfonamides is 1. The molecule has 0 unspecified atom stereocenters. The minimum absolute atomic E-state index is 0.213. The standard InChI is InChI=1S/C13H26N2O2S/c1-12(2)11-18(16,17)15-9-5-13(6-10-15)3-7-14-8-4-13/h12,14H,3-11H2,1-2H3. The zero-order valence-corrected chi connectivity index (χ0v) is 12.4. The second-order valence-corrected chi connectivity index (χ2v) is 8.34. The summed E-state index contributed by atoms with van der Waals surface area (Å²) >= 11 is 0. The number of nitrogens with one attached hydrogen (secondary N) is 1. The fraction of sp³-hybridized carbons (Fsp3) is 1.00. The van der Waals surface area contributed by atoms with E-state index in [2.05, 4.69) is 5.32 Å². The number of hydrogen-bond donors (Lipinski definition) is 1. The Labute approximate surface area is 111 Å². The summed E-state index contributed by atoms with van der Waals surface area (Å²) in [6, 6.07) is 0. The summed E-state index contributed by atoms with van der Waals surface area (Å²) in [5.74, 6) is 0.506. The molecule has 0 aliphatic carbocycles. The number of rotatable bonds is 3. The van der Waals surface area contributed by atoms with E-state index in [4.69, 9.17) is 0 Å². The molecule has 2 heterocycles. The topological polar surface area (TPSA) is 49.4 Å². The maximum absolute atomic E-state index is 12.2. The van der Waals surface area contributed by atoms with Crippen molar-refractivity contribution in [3.05, 3.63) is 0 Å². The number of nitrogens with zero attached hydrogens (tertiary/aromatic N) is 1. The average Bonchev–Trinajstić information content (AvgIpc) is 2.29. The lowest BCUT2D eigenvalue weighted by Crippen LogP contribution is -2.48. The molecule has 0 saturated carbocycles. The van der Waals surface area contributed by atoms with Gasteiger partial charge < -0.3 is 5.32 Å². The Morgan fingerprint density at radius 1 is 1.11 bits per heavy atom. The first-order chi connectivity index (χ1) is 8.44. The van der Waals surface area contributed by atoms with Gasteiger partial charge in [0.15, 0.2) is 0 Å². The average molecular weight is 274 g/mol. The van der Waals surface area contributed by atoms with Crippen LogP contribution in [-0.2, 0) is 10.0 Å². The van der Waals surface area contributed by atoms with Gasteiger partial charge in [-0.2, -0.15) is 0 Å². The molecule has 0 amide bonds. The molecular formula is C13H26N2O2S. The molecule has 0 bridgehead atoms. The van der Waals surface area contributed by atoms with E-state index < -0.39 is 10.0 Å². The van der Waals surface area contributed by atoms with Gasteiger partial charge >= 0.3 is 0 Å². The molecule has 5 heteroatoms. The Hall–Kier alpha value is -0.130. The van der Waals surface area contributed by atoms with Crippen LogP contribution in [0.3, 0.4) is 0 Å². The van der Waals surface area contributed by atoms with Crippen molar-refractivity contribution in [2.24, 2.45) is 11.3 Å². The van der Waals surface area contributed by atoms with E-state index in [1.165, 1.54) is 12.8 Å². The molecule has 0 aromatic carbocycles. The number of piperidine rings is 2. The smallest absolute Gasteiger partial charge is 0.214 e. The molecule has 2 fully saturated rings. The Morgan fingerprint density at radius 2 is 1.67 bits per heavy atom. The lowest BCUT2D eigenvalue weighted by atomic mass is 9.72. The molecule has 0 aromatic heterocycles. The normalized spacial score (nSPS) is 25.7. The first kappa shape index (κ1) is 14.3. The molecule has 1 spiro atoms. The SMILES string of the molecule is CC(C)CS(=O)(=O)N1CCC2(CCNCC2)CC1. The van der Waals surface area contributed by atoms with Crippen LogP contribution in [0.15, 0.2) is 0 Å². The molecule has 106 valence electrons. The van der Waals surface area contributed by atoms with Crippen molar-refractivity contribution < 1.29 is 8.42 Å². The van der Waals surface area contributed by atoms with Gasteiger partial charge in [0.05, 0.1) is 5.75 Å². The molecule has 0 radical (unpaired) electrons. The lowest BCUT2D eigenvalue weighted by molar-refractivity contribution is 0.110. The highest BCUT2D eigenvalue weighted by Gasteiger charge is 2.38. The fourth-order valence-corrected chi connectivity index (χ4v) is 5.01. The zero-order valence-electron chi connectivity index (χ0n) is 11.6. The van der Waals surface area contributed by atoms with Crippen molar-refractivity contribution in [1.29, 1.82) is 0 Å². The zero-order chi connectivity index (χ0) is 13.2. The van der Waals surface area contributed by atoms with Gasteiger partial charge in [-0.3, -0.25) is 0 Å². The summed E-state index contributed by atoms with van der Waals surface area (Å²) in [6.45, 7) is 7.59. The Kier molecular flexibility index (Phi) is 4.34. The summed E-state index contributed by atoms with van der Waals surface area (Å²) in [6.07, 6.45) is 4.52. The van der Waals surface area contributed by atoms with Gasteiger partial charge in [0.25, 0.3) is 0 Å². The van der Waals surface area contributed by atoms with Crippen molar-refractivity contribution in [3.63, 3.8) is 0 Å². The molecule has 2 rings (SSSR count). The summed E-state index contributed by atoms with van der Waals surface area (Å²) in [5, 5.41) is 3.39. The van der Waals surface area contributed by atoms with Crippen LogP contribution in [-0.4, -0.2) is 44.7 Å². The monoisotopic (exact) mass is 274 g/mol. The molecular weight excluding hydrogens is 248 g/mol. The van der Waals surface area contributed by atoms with Gasteiger partial charge in [0.1, 0.15) is 0 Å². The van der Waals surface area contributed by atoms with Gasteiger partial charge in [-0.05, 0) is 50.1 Å². The molecule has 1 N–H and O–H groups in total. The third kappa shape index (κ3) is 3.25. The van der Waals surface area contributed by atoms with Crippen LogP contribution in [0, 0.1) is 11.3 Å². The fourth-order valence-electron chi connectivity index (χ4n) is 3.22. The second kappa shape index (κ2) is 5.47. The number of hydrogen-bond acceptors (Lipinski definition) is 3. The highest BCUT2D eigenvalue weighted by molar-refractivity contribution is 7.89. The van der Waals surface area contributed by atoms with Crippen LogP contribution >= 0.6 is 0 Å². The van der Waals surface area contributed by atoms with Crippen LogP contribution in [0.2, 0.25) is 0 Å².